The highest BCUT2D eigenvalue weighted by molar-refractivity contribution is 8.18. The van der Waals surface area contributed by atoms with Gasteiger partial charge in [0.25, 0.3) is 11.1 Å². The van der Waals surface area contributed by atoms with Gasteiger partial charge in [-0.25, -0.2) is 0 Å². The Hall–Kier alpha value is -2.93. The van der Waals surface area contributed by atoms with Gasteiger partial charge in [0.2, 0.25) is 5.91 Å². The highest BCUT2D eigenvalue weighted by Gasteiger charge is 2.34. The van der Waals surface area contributed by atoms with Crippen LogP contribution in [-0.4, -0.2) is 40.0 Å². The van der Waals surface area contributed by atoms with E-state index in [2.05, 4.69) is 10.3 Å². The number of thioether (sulfide) groups is 1. The number of carbonyl (C=O) groups excluding carboxylic acids is 3. The predicted molar refractivity (Wildman–Crippen MR) is 105 cm³/mol. The smallest absolute Gasteiger partial charge is 0.293 e. The van der Waals surface area contributed by atoms with E-state index in [9.17, 15) is 14.4 Å². The van der Waals surface area contributed by atoms with Gasteiger partial charge >= 0.3 is 0 Å². The van der Waals surface area contributed by atoms with E-state index in [1.54, 1.807) is 24.5 Å². The van der Waals surface area contributed by atoms with Crippen LogP contribution in [0.3, 0.4) is 0 Å². The molecule has 0 spiro atoms. The summed E-state index contributed by atoms with van der Waals surface area (Å²) in [4.78, 5) is 41.9. The van der Waals surface area contributed by atoms with Crippen LogP contribution in [0.5, 0.6) is 0 Å². The molecule has 0 saturated carbocycles. The van der Waals surface area contributed by atoms with Crippen LogP contribution in [-0.2, 0) is 16.0 Å². The molecule has 27 heavy (non-hydrogen) atoms. The summed E-state index contributed by atoms with van der Waals surface area (Å²) in [6.07, 6.45) is 5.94. The van der Waals surface area contributed by atoms with E-state index in [-0.39, 0.29) is 30.1 Å². The van der Waals surface area contributed by atoms with Crippen molar-refractivity contribution in [2.45, 2.75) is 12.8 Å². The van der Waals surface area contributed by atoms with Crippen LogP contribution in [0.25, 0.3) is 6.08 Å². The fourth-order valence-electron chi connectivity index (χ4n) is 2.60. The van der Waals surface area contributed by atoms with Crippen LogP contribution >= 0.6 is 11.8 Å². The summed E-state index contributed by atoms with van der Waals surface area (Å²) in [7, 11) is 0. The van der Waals surface area contributed by atoms with E-state index in [1.807, 2.05) is 36.4 Å². The molecule has 3 rings (SSSR count). The Morgan fingerprint density at radius 3 is 2.70 bits per heavy atom. The maximum Gasteiger partial charge on any atom is 0.293 e. The number of pyridine rings is 1. The summed E-state index contributed by atoms with van der Waals surface area (Å²) >= 11 is 0.901. The van der Waals surface area contributed by atoms with Gasteiger partial charge in [-0.1, -0.05) is 36.4 Å². The molecule has 6 nitrogen and oxygen atoms in total. The summed E-state index contributed by atoms with van der Waals surface area (Å²) in [5, 5.41) is 2.44. The standard InChI is InChI=1S/C20H19N3O3S/c24-18(9-8-15-5-2-1-3-6-15)22-11-12-23-19(25)17(27-20(23)26)13-16-7-4-10-21-14-16/h1-7,10,13-14H,8-9,11-12H2,(H,22,24). The molecule has 2 heterocycles. The molecule has 0 radical (unpaired) electrons. The lowest BCUT2D eigenvalue weighted by Crippen LogP contribution is -2.37. The molecular weight excluding hydrogens is 362 g/mol. The zero-order valence-corrected chi connectivity index (χ0v) is 15.4. The maximum absolute atomic E-state index is 12.4. The highest BCUT2D eigenvalue weighted by Crippen LogP contribution is 2.31. The predicted octanol–water partition coefficient (Wildman–Crippen LogP) is 2.87. The number of amides is 3. The summed E-state index contributed by atoms with van der Waals surface area (Å²) in [6.45, 7) is 0.401. The van der Waals surface area contributed by atoms with Gasteiger partial charge in [0.05, 0.1) is 4.91 Å². The summed E-state index contributed by atoms with van der Waals surface area (Å²) in [5.41, 5.74) is 1.86. The number of hydrogen-bond acceptors (Lipinski definition) is 5. The van der Waals surface area contributed by atoms with Crippen LogP contribution < -0.4 is 5.32 Å². The molecular formula is C20H19N3O3S. The van der Waals surface area contributed by atoms with Gasteiger partial charge in [0.15, 0.2) is 0 Å². The topological polar surface area (TPSA) is 79.4 Å². The molecule has 0 bridgehead atoms. The van der Waals surface area contributed by atoms with Gasteiger partial charge in [0, 0.05) is 31.9 Å². The van der Waals surface area contributed by atoms with Crippen LogP contribution in [0.1, 0.15) is 17.5 Å². The van der Waals surface area contributed by atoms with Crippen molar-refractivity contribution in [3.05, 3.63) is 70.9 Å². The van der Waals surface area contributed by atoms with Crippen molar-refractivity contribution in [3.63, 3.8) is 0 Å². The summed E-state index contributed by atoms with van der Waals surface area (Å²) in [5.74, 6) is -0.441. The van der Waals surface area contributed by atoms with Crippen LogP contribution in [0.2, 0.25) is 0 Å². The molecule has 1 aromatic carbocycles. The lowest BCUT2D eigenvalue weighted by atomic mass is 10.1. The molecule has 2 aromatic rings. The Kier molecular flexibility index (Phi) is 6.38. The number of aromatic nitrogens is 1. The van der Waals surface area contributed by atoms with E-state index < -0.39 is 0 Å². The first-order chi connectivity index (χ1) is 13.1. The Morgan fingerprint density at radius 1 is 1.15 bits per heavy atom. The van der Waals surface area contributed by atoms with Crippen molar-refractivity contribution in [3.8, 4) is 0 Å². The van der Waals surface area contributed by atoms with E-state index in [0.29, 0.717) is 17.7 Å². The van der Waals surface area contributed by atoms with Crippen molar-refractivity contribution in [2.24, 2.45) is 0 Å². The fraction of sp³-hybridized carbons (Fsp3) is 0.200. The first kappa shape index (κ1) is 18.8. The van der Waals surface area contributed by atoms with Crippen LogP contribution in [0.4, 0.5) is 4.79 Å². The lowest BCUT2D eigenvalue weighted by Gasteiger charge is -2.13. The van der Waals surface area contributed by atoms with E-state index in [0.717, 1.165) is 27.8 Å². The number of rotatable bonds is 7. The lowest BCUT2D eigenvalue weighted by molar-refractivity contribution is -0.124. The molecule has 0 aliphatic carbocycles. The minimum atomic E-state index is -0.340. The van der Waals surface area contributed by atoms with Gasteiger partial charge < -0.3 is 5.32 Å². The second-order valence-corrected chi connectivity index (χ2v) is 6.95. The highest BCUT2D eigenvalue weighted by atomic mass is 32.2. The Morgan fingerprint density at radius 2 is 1.96 bits per heavy atom. The summed E-state index contributed by atoms with van der Waals surface area (Å²) in [6, 6.07) is 13.3. The van der Waals surface area contributed by atoms with Crippen molar-refractivity contribution < 1.29 is 14.4 Å². The minimum absolute atomic E-state index is 0.100. The van der Waals surface area contributed by atoms with Crippen molar-refractivity contribution >= 4 is 34.9 Å². The molecule has 0 unspecified atom stereocenters. The zero-order chi connectivity index (χ0) is 19.1. The zero-order valence-electron chi connectivity index (χ0n) is 14.6. The average molecular weight is 381 g/mol. The second-order valence-electron chi connectivity index (χ2n) is 5.96. The number of hydrogen-bond donors (Lipinski definition) is 1. The Balaban J connectivity index is 1.46. The van der Waals surface area contributed by atoms with Crippen molar-refractivity contribution in [1.29, 1.82) is 0 Å². The molecule has 1 aliphatic rings. The third kappa shape index (κ3) is 5.27. The molecule has 7 heteroatoms. The van der Waals surface area contributed by atoms with E-state index >= 15 is 0 Å². The Labute approximate surface area is 161 Å². The SMILES string of the molecule is O=C(CCc1ccccc1)NCCN1C(=O)SC(=Cc2cccnc2)C1=O. The average Bonchev–Trinajstić information content (AvgIpc) is 2.95. The monoisotopic (exact) mass is 381 g/mol. The molecule has 1 N–H and O–H groups in total. The molecule has 0 atom stereocenters. The van der Waals surface area contributed by atoms with Gasteiger partial charge in [0.1, 0.15) is 0 Å². The van der Waals surface area contributed by atoms with Crippen molar-refractivity contribution in [2.75, 3.05) is 13.1 Å². The number of nitrogens with one attached hydrogen (secondary N) is 1. The van der Waals surface area contributed by atoms with E-state index in [1.165, 1.54) is 0 Å². The molecule has 1 aliphatic heterocycles. The molecule has 1 aromatic heterocycles. The minimum Gasteiger partial charge on any atom is -0.354 e. The van der Waals surface area contributed by atoms with Gasteiger partial charge in [-0.3, -0.25) is 24.3 Å². The largest absolute Gasteiger partial charge is 0.354 e. The quantitative estimate of drug-likeness (QED) is 0.746. The third-order valence-corrected chi connectivity index (χ3v) is 4.90. The first-order valence-corrected chi connectivity index (χ1v) is 9.41. The van der Waals surface area contributed by atoms with E-state index in [4.69, 9.17) is 0 Å². The van der Waals surface area contributed by atoms with Crippen LogP contribution in [0, 0.1) is 0 Å². The van der Waals surface area contributed by atoms with Crippen molar-refractivity contribution in [1.82, 2.24) is 15.2 Å². The summed E-state index contributed by atoms with van der Waals surface area (Å²) < 4.78 is 0. The van der Waals surface area contributed by atoms with Gasteiger partial charge in [-0.2, -0.15) is 0 Å². The second kappa shape index (κ2) is 9.14. The number of aryl methyl sites for hydroxylation is 1. The number of benzene rings is 1. The molecule has 1 fully saturated rings. The molecule has 138 valence electrons. The normalized spacial score (nSPS) is 15.4. The van der Waals surface area contributed by atoms with Gasteiger partial charge in [-0.05, 0) is 41.5 Å². The maximum atomic E-state index is 12.4. The number of carbonyl (C=O) groups is 3. The van der Waals surface area contributed by atoms with Crippen LogP contribution in [0.15, 0.2) is 59.8 Å². The Bertz CT molecular complexity index is 853. The number of imide groups is 1. The van der Waals surface area contributed by atoms with Gasteiger partial charge in [-0.15, -0.1) is 0 Å². The number of nitrogens with zero attached hydrogens (tertiary/aromatic N) is 2. The molecule has 3 amide bonds. The third-order valence-electron chi connectivity index (χ3n) is 4.00. The first-order valence-electron chi connectivity index (χ1n) is 8.59. The fourth-order valence-corrected chi connectivity index (χ4v) is 3.47. The molecule has 1 saturated heterocycles.